The molecule has 0 amide bonds. The van der Waals surface area contributed by atoms with Crippen LogP contribution in [0.5, 0.6) is 0 Å². The third-order valence-corrected chi connectivity index (χ3v) is 3.68. The van der Waals surface area contributed by atoms with Crippen LogP contribution in [0.4, 0.5) is 0 Å². The summed E-state index contributed by atoms with van der Waals surface area (Å²) in [4.78, 5) is 8.87. The van der Waals surface area contributed by atoms with Gasteiger partial charge in [0, 0.05) is 29.9 Å². The number of ether oxygens (including phenoxy) is 1. The Balaban J connectivity index is 2.13. The molecule has 0 aromatic carbocycles. The zero-order chi connectivity index (χ0) is 11.8. The van der Waals surface area contributed by atoms with E-state index >= 15 is 0 Å². The summed E-state index contributed by atoms with van der Waals surface area (Å²) in [6.07, 6.45) is 3.90. The Bertz CT molecular complexity index is 546. The molecule has 90 valence electrons. The third kappa shape index (κ3) is 1.98. The number of halogens is 1. The average Bonchev–Trinajstić information content (AvgIpc) is 2.65. The highest BCUT2D eigenvalue weighted by atomic mass is 79.9. The molecule has 3 rings (SSSR count). The van der Waals surface area contributed by atoms with E-state index in [1.165, 1.54) is 0 Å². The van der Waals surface area contributed by atoms with Gasteiger partial charge in [0.25, 0.3) is 0 Å². The van der Waals surface area contributed by atoms with Crippen molar-refractivity contribution in [1.29, 1.82) is 0 Å². The van der Waals surface area contributed by atoms with Gasteiger partial charge in [-0.2, -0.15) is 0 Å². The molecular formula is C12H14BrN3O. The van der Waals surface area contributed by atoms with E-state index in [4.69, 9.17) is 4.74 Å². The van der Waals surface area contributed by atoms with Crippen LogP contribution in [-0.4, -0.2) is 27.7 Å². The first-order valence-corrected chi connectivity index (χ1v) is 6.63. The molecule has 2 aromatic heterocycles. The van der Waals surface area contributed by atoms with Gasteiger partial charge in [-0.3, -0.25) is 0 Å². The number of aryl methyl sites for hydroxylation is 1. The summed E-state index contributed by atoms with van der Waals surface area (Å²) in [5.74, 6) is 1.04. The van der Waals surface area contributed by atoms with Crippen molar-refractivity contribution in [3.8, 4) is 0 Å². The van der Waals surface area contributed by atoms with Crippen LogP contribution in [0.2, 0.25) is 0 Å². The molecule has 1 fully saturated rings. The van der Waals surface area contributed by atoms with E-state index in [0.717, 1.165) is 47.5 Å². The van der Waals surface area contributed by atoms with Crippen molar-refractivity contribution in [2.24, 2.45) is 0 Å². The lowest BCUT2D eigenvalue weighted by Gasteiger charge is -2.25. The van der Waals surface area contributed by atoms with Gasteiger partial charge in [-0.05, 0) is 41.8 Å². The molecule has 17 heavy (non-hydrogen) atoms. The molecule has 2 aromatic rings. The Morgan fingerprint density at radius 2 is 2.18 bits per heavy atom. The number of imidazole rings is 1. The quantitative estimate of drug-likeness (QED) is 0.812. The zero-order valence-electron chi connectivity index (χ0n) is 9.69. The fraction of sp³-hybridized carbons (Fsp3) is 0.500. The van der Waals surface area contributed by atoms with Gasteiger partial charge in [-0.1, -0.05) is 0 Å². The monoisotopic (exact) mass is 295 g/mol. The second-order valence-corrected chi connectivity index (χ2v) is 5.28. The maximum absolute atomic E-state index is 5.41. The highest BCUT2D eigenvalue weighted by molar-refractivity contribution is 9.10. The molecule has 0 N–H and O–H groups in total. The molecule has 1 aliphatic rings. The van der Waals surface area contributed by atoms with Crippen LogP contribution in [0.1, 0.15) is 24.7 Å². The number of aromatic nitrogens is 3. The maximum atomic E-state index is 5.41. The molecular weight excluding hydrogens is 282 g/mol. The van der Waals surface area contributed by atoms with Crippen molar-refractivity contribution in [3.63, 3.8) is 0 Å². The molecule has 1 saturated heterocycles. The van der Waals surface area contributed by atoms with Gasteiger partial charge in [-0.15, -0.1) is 0 Å². The summed E-state index contributed by atoms with van der Waals surface area (Å²) in [5, 5.41) is 0. The van der Waals surface area contributed by atoms with Gasteiger partial charge in [0.05, 0.1) is 5.52 Å². The van der Waals surface area contributed by atoms with Gasteiger partial charge in [-0.25, -0.2) is 9.97 Å². The van der Waals surface area contributed by atoms with Crippen molar-refractivity contribution in [1.82, 2.24) is 14.5 Å². The fourth-order valence-electron chi connectivity index (χ4n) is 2.47. The smallest absolute Gasteiger partial charge is 0.177 e. The van der Waals surface area contributed by atoms with Crippen molar-refractivity contribution in [2.45, 2.75) is 25.8 Å². The van der Waals surface area contributed by atoms with Crippen LogP contribution < -0.4 is 0 Å². The van der Waals surface area contributed by atoms with Crippen molar-refractivity contribution < 1.29 is 4.74 Å². The summed E-state index contributed by atoms with van der Waals surface area (Å²) < 4.78 is 8.71. The van der Waals surface area contributed by atoms with Gasteiger partial charge >= 0.3 is 0 Å². The van der Waals surface area contributed by atoms with Crippen molar-refractivity contribution in [2.75, 3.05) is 13.2 Å². The molecule has 5 heteroatoms. The molecule has 4 nitrogen and oxygen atoms in total. The minimum Gasteiger partial charge on any atom is -0.381 e. The van der Waals surface area contributed by atoms with Crippen LogP contribution in [0, 0.1) is 6.92 Å². The molecule has 1 aliphatic heterocycles. The van der Waals surface area contributed by atoms with E-state index in [2.05, 4.69) is 36.5 Å². The van der Waals surface area contributed by atoms with E-state index in [-0.39, 0.29) is 0 Å². The van der Waals surface area contributed by atoms with Crippen molar-refractivity contribution >= 4 is 27.1 Å². The lowest BCUT2D eigenvalue weighted by molar-refractivity contribution is 0.0701. The van der Waals surface area contributed by atoms with Gasteiger partial charge in [0.2, 0.25) is 0 Å². The third-order valence-electron chi connectivity index (χ3n) is 3.25. The molecule has 0 spiro atoms. The normalized spacial score (nSPS) is 17.8. The summed E-state index contributed by atoms with van der Waals surface area (Å²) in [6.45, 7) is 3.72. The summed E-state index contributed by atoms with van der Waals surface area (Å²) in [6, 6.07) is 2.59. The summed E-state index contributed by atoms with van der Waals surface area (Å²) in [7, 11) is 0. The van der Waals surface area contributed by atoms with E-state index in [0.29, 0.717) is 6.04 Å². The number of pyridine rings is 1. The van der Waals surface area contributed by atoms with Gasteiger partial charge < -0.3 is 9.30 Å². The molecule has 0 unspecified atom stereocenters. The van der Waals surface area contributed by atoms with Crippen LogP contribution in [0.3, 0.4) is 0 Å². The Labute approximate surface area is 108 Å². The summed E-state index contributed by atoms with van der Waals surface area (Å²) >= 11 is 3.47. The van der Waals surface area contributed by atoms with E-state index in [9.17, 15) is 0 Å². The topological polar surface area (TPSA) is 39.9 Å². The fourth-order valence-corrected chi connectivity index (χ4v) is 2.79. The zero-order valence-corrected chi connectivity index (χ0v) is 11.3. The first kappa shape index (κ1) is 11.2. The molecule has 0 radical (unpaired) electrons. The SMILES string of the molecule is Cc1nc2ncc(Br)cc2n1C1CCOCC1. The minimum absolute atomic E-state index is 0.491. The Kier molecular flexibility index (Phi) is 2.88. The van der Waals surface area contributed by atoms with Crippen LogP contribution in [0.15, 0.2) is 16.7 Å². The molecule has 0 saturated carbocycles. The van der Waals surface area contributed by atoms with Crippen LogP contribution >= 0.6 is 15.9 Å². The first-order valence-electron chi connectivity index (χ1n) is 5.83. The van der Waals surface area contributed by atoms with Crippen molar-refractivity contribution in [3.05, 3.63) is 22.6 Å². The van der Waals surface area contributed by atoms with Crippen LogP contribution in [-0.2, 0) is 4.74 Å². The molecule has 0 aliphatic carbocycles. The summed E-state index contributed by atoms with van der Waals surface area (Å²) in [5.41, 5.74) is 1.95. The number of rotatable bonds is 1. The standard InChI is InChI=1S/C12H14BrN3O/c1-8-15-12-11(6-9(13)7-14-12)16(8)10-2-4-17-5-3-10/h6-7,10H,2-5H2,1H3. The minimum atomic E-state index is 0.491. The highest BCUT2D eigenvalue weighted by Crippen LogP contribution is 2.28. The number of hydrogen-bond acceptors (Lipinski definition) is 3. The number of fused-ring (bicyclic) bond motifs is 1. The first-order chi connectivity index (χ1) is 8.25. The Morgan fingerprint density at radius 1 is 1.41 bits per heavy atom. The predicted octanol–water partition coefficient (Wildman–Crippen LogP) is 2.85. The molecule has 3 heterocycles. The number of nitrogens with zero attached hydrogens (tertiary/aromatic N) is 3. The van der Waals surface area contributed by atoms with E-state index in [1.54, 1.807) is 6.20 Å². The lowest BCUT2D eigenvalue weighted by atomic mass is 10.1. The second-order valence-electron chi connectivity index (χ2n) is 4.37. The Hall–Kier alpha value is -0.940. The number of hydrogen-bond donors (Lipinski definition) is 0. The van der Waals surface area contributed by atoms with E-state index < -0.39 is 0 Å². The van der Waals surface area contributed by atoms with Gasteiger partial charge in [0.1, 0.15) is 5.82 Å². The molecule has 0 bridgehead atoms. The largest absolute Gasteiger partial charge is 0.381 e. The van der Waals surface area contributed by atoms with E-state index in [1.807, 2.05) is 6.92 Å². The second kappa shape index (κ2) is 4.38. The average molecular weight is 296 g/mol. The lowest BCUT2D eigenvalue weighted by Crippen LogP contribution is -2.20. The molecule has 0 atom stereocenters. The predicted molar refractivity (Wildman–Crippen MR) is 69.1 cm³/mol. The maximum Gasteiger partial charge on any atom is 0.177 e. The van der Waals surface area contributed by atoms with Crippen LogP contribution in [0.25, 0.3) is 11.2 Å². The highest BCUT2D eigenvalue weighted by Gasteiger charge is 2.20. The van der Waals surface area contributed by atoms with Gasteiger partial charge in [0.15, 0.2) is 5.65 Å². The Morgan fingerprint density at radius 3 is 2.94 bits per heavy atom.